The van der Waals surface area contributed by atoms with Crippen molar-refractivity contribution in [2.75, 3.05) is 27.7 Å². The molecule has 0 amide bonds. The number of nitrogens with zero attached hydrogens (tertiary/aromatic N) is 3. The summed E-state index contributed by atoms with van der Waals surface area (Å²) in [6, 6.07) is 0. The molecule has 0 aromatic carbocycles. The van der Waals surface area contributed by atoms with E-state index in [-0.39, 0.29) is 5.38 Å². The molecule has 4 nitrogen and oxygen atoms in total. The van der Waals surface area contributed by atoms with E-state index in [0.717, 1.165) is 50.2 Å². The molecule has 1 rings (SSSR count). The largest absolute Gasteiger partial charge is 0.493 e. The SMILES string of the molecule is CCCC(Cl)CCc1c(OC)cnn1CCN(C)C. The van der Waals surface area contributed by atoms with Gasteiger partial charge in [0.1, 0.15) is 0 Å². The summed E-state index contributed by atoms with van der Waals surface area (Å²) in [5.41, 5.74) is 1.16. The summed E-state index contributed by atoms with van der Waals surface area (Å²) in [4.78, 5) is 2.15. The van der Waals surface area contributed by atoms with Crippen LogP contribution >= 0.6 is 11.6 Å². The fourth-order valence-corrected chi connectivity index (χ4v) is 2.38. The molecular formula is C14H26ClN3O. The van der Waals surface area contributed by atoms with Crippen LogP contribution in [-0.2, 0) is 13.0 Å². The van der Waals surface area contributed by atoms with Crippen LogP contribution in [0.4, 0.5) is 0 Å². The highest BCUT2D eigenvalue weighted by Gasteiger charge is 2.13. The molecule has 19 heavy (non-hydrogen) atoms. The van der Waals surface area contributed by atoms with Gasteiger partial charge in [0.15, 0.2) is 5.75 Å². The normalized spacial score (nSPS) is 12.9. The Morgan fingerprint density at radius 3 is 2.74 bits per heavy atom. The van der Waals surface area contributed by atoms with E-state index in [9.17, 15) is 0 Å². The Hall–Kier alpha value is -0.740. The Kier molecular flexibility index (Phi) is 7.24. The van der Waals surface area contributed by atoms with E-state index in [2.05, 4.69) is 31.0 Å². The van der Waals surface area contributed by atoms with Crippen molar-refractivity contribution in [2.24, 2.45) is 0 Å². The maximum atomic E-state index is 6.29. The number of likely N-dealkylation sites (N-methyl/N-ethyl adjacent to an activating group) is 1. The highest BCUT2D eigenvalue weighted by Crippen LogP contribution is 2.22. The molecule has 0 spiro atoms. The molecule has 1 aromatic heterocycles. The van der Waals surface area contributed by atoms with Crippen molar-refractivity contribution in [2.45, 2.75) is 44.5 Å². The first-order chi connectivity index (χ1) is 9.08. The van der Waals surface area contributed by atoms with Gasteiger partial charge in [0.25, 0.3) is 0 Å². The van der Waals surface area contributed by atoms with Crippen LogP contribution in [0.3, 0.4) is 0 Å². The van der Waals surface area contributed by atoms with Crippen LogP contribution < -0.4 is 4.74 Å². The third-order valence-corrected chi connectivity index (χ3v) is 3.62. The zero-order valence-corrected chi connectivity index (χ0v) is 13.3. The van der Waals surface area contributed by atoms with Gasteiger partial charge in [-0.2, -0.15) is 5.10 Å². The van der Waals surface area contributed by atoms with Crippen LogP contribution in [0, 0.1) is 0 Å². The van der Waals surface area contributed by atoms with E-state index in [1.807, 2.05) is 4.68 Å². The number of halogens is 1. The highest BCUT2D eigenvalue weighted by atomic mass is 35.5. The van der Waals surface area contributed by atoms with Crippen molar-refractivity contribution in [3.63, 3.8) is 0 Å². The molecule has 5 heteroatoms. The van der Waals surface area contributed by atoms with Crippen molar-refractivity contribution >= 4 is 11.6 Å². The van der Waals surface area contributed by atoms with E-state index in [0.29, 0.717) is 0 Å². The van der Waals surface area contributed by atoms with Gasteiger partial charge < -0.3 is 9.64 Å². The smallest absolute Gasteiger partial charge is 0.159 e. The van der Waals surface area contributed by atoms with Crippen molar-refractivity contribution in [3.8, 4) is 5.75 Å². The zero-order valence-electron chi connectivity index (χ0n) is 12.5. The predicted octanol–water partition coefficient (Wildman–Crippen LogP) is 2.79. The molecule has 1 unspecified atom stereocenters. The third kappa shape index (κ3) is 5.41. The van der Waals surface area contributed by atoms with E-state index in [4.69, 9.17) is 16.3 Å². The molecule has 0 aliphatic carbocycles. The summed E-state index contributed by atoms with van der Waals surface area (Å²) in [6.07, 6.45) is 5.89. The number of alkyl halides is 1. The van der Waals surface area contributed by atoms with E-state index in [1.165, 1.54) is 0 Å². The van der Waals surface area contributed by atoms with Crippen LogP contribution in [0.1, 0.15) is 31.9 Å². The molecule has 0 fully saturated rings. The lowest BCUT2D eigenvalue weighted by atomic mass is 10.1. The van der Waals surface area contributed by atoms with Crippen LogP contribution in [0.2, 0.25) is 0 Å². The minimum atomic E-state index is 0.243. The Bertz CT molecular complexity index is 366. The highest BCUT2D eigenvalue weighted by molar-refractivity contribution is 6.20. The van der Waals surface area contributed by atoms with Gasteiger partial charge in [-0.05, 0) is 33.4 Å². The topological polar surface area (TPSA) is 30.3 Å². The van der Waals surface area contributed by atoms with Gasteiger partial charge in [-0.1, -0.05) is 13.3 Å². The van der Waals surface area contributed by atoms with E-state index in [1.54, 1.807) is 13.3 Å². The number of rotatable bonds is 9. The van der Waals surface area contributed by atoms with Crippen LogP contribution in [-0.4, -0.2) is 47.8 Å². The van der Waals surface area contributed by atoms with Gasteiger partial charge in [-0.25, -0.2) is 0 Å². The maximum Gasteiger partial charge on any atom is 0.159 e. The number of ether oxygens (including phenoxy) is 1. The summed E-state index contributed by atoms with van der Waals surface area (Å²) in [5.74, 6) is 0.874. The standard InChI is InChI=1S/C14H26ClN3O/c1-5-6-12(15)7-8-13-14(19-4)11-16-18(13)10-9-17(2)3/h11-12H,5-10H2,1-4H3. The van der Waals surface area contributed by atoms with Gasteiger partial charge in [0.2, 0.25) is 0 Å². The Balaban J connectivity index is 2.64. The van der Waals surface area contributed by atoms with Gasteiger partial charge in [0.05, 0.1) is 25.5 Å². The van der Waals surface area contributed by atoms with Gasteiger partial charge in [-0.3, -0.25) is 4.68 Å². The third-order valence-electron chi connectivity index (χ3n) is 3.19. The average Bonchev–Trinajstić information content (AvgIpc) is 2.76. The Labute approximate surface area is 121 Å². The lowest BCUT2D eigenvalue weighted by Gasteiger charge is -2.14. The van der Waals surface area contributed by atoms with Crippen molar-refractivity contribution < 1.29 is 4.74 Å². The first-order valence-corrected chi connectivity index (χ1v) is 7.39. The molecule has 0 N–H and O–H groups in total. The second-order valence-corrected chi connectivity index (χ2v) is 5.73. The molecule has 0 saturated heterocycles. The maximum absolute atomic E-state index is 6.29. The lowest BCUT2D eigenvalue weighted by Crippen LogP contribution is -2.20. The Morgan fingerprint density at radius 2 is 2.16 bits per heavy atom. The molecule has 0 radical (unpaired) electrons. The van der Waals surface area contributed by atoms with Crippen LogP contribution in [0.15, 0.2) is 6.20 Å². The van der Waals surface area contributed by atoms with Crippen LogP contribution in [0.25, 0.3) is 0 Å². The molecular weight excluding hydrogens is 262 g/mol. The van der Waals surface area contributed by atoms with Crippen molar-refractivity contribution in [3.05, 3.63) is 11.9 Å². The minimum Gasteiger partial charge on any atom is -0.493 e. The van der Waals surface area contributed by atoms with E-state index < -0.39 is 0 Å². The van der Waals surface area contributed by atoms with Gasteiger partial charge in [0, 0.05) is 11.9 Å². The quantitative estimate of drug-likeness (QED) is 0.654. The monoisotopic (exact) mass is 287 g/mol. The second kappa shape index (κ2) is 8.43. The van der Waals surface area contributed by atoms with Crippen molar-refractivity contribution in [1.82, 2.24) is 14.7 Å². The van der Waals surface area contributed by atoms with E-state index >= 15 is 0 Å². The minimum absolute atomic E-state index is 0.243. The fourth-order valence-electron chi connectivity index (χ4n) is 2.05. The number of methoxy groups -OCH3 is 1. The average molecular weight is 288 g/mol. The molecule has 0 bridgehead atoms. The molecule has 0 aliphatic rings. The van der Waals surface area contributed by atoms with Gasteiger partial charge >= 0.3 is 0 Å². The fraction of sp³-hybridized carbons (Fsp3) is 0.786. The number of hydrogen-bond donors (Lipinski definition) is 0. The number of hydrogen-bond acceptors (Lipinski definition) is 3. The first-order valence-electron chi connectivity index (χ1n) is 6.96. The molecule has 0 saturated carbocycles. The summed E-state index contributed by atoms with van der Waals surface area (Å²) in [6.45, 7) is 4.01. The molecule has 1 heterocycles. The Morgan fingerprint density at radius 1 is 1.42 bits per heavy atom. The molecule has 1 aromatic rings. The first kappa shape index (κ1) is 16.3. The lowest BCUT2D eigenvalue weighted by molar-refractivity contribution is 0.365. The van der Waals surface area contributed by atoms with Gasteiger partial charge in [-0.15, -0.1) is 11.6 Å². The molecule has 1 atom stereocenters. The predicted molar refractivity (Wildman–Crippen MR) is 80.2 cm³/mol. The summed E-state index contributed by atoms with van der Waals surface area (Å²) in [5, 5.41) is 4.65. The molecule has 110 valence electrons. The number of aromatic nitrogens is 2. The molecule has 0 aliphatic heterocycles. The summed E-state index contributed by atoms with van der Waals surface area (Å²) >= 11 is 6.29. The second-order valence-electron chi connectivity index (χ2n) is 5.11. The summed E-state index contributed by atoms with van der Waals surface area (Å²) < 4.78 is 7.42. The van der Waals surface area contributed by atoms with Crippen molar-refractivity contribution in [1.29, 1.82) is 0 Å². The summed E-state index contributed by atoms with van der Waals surface area (Å²) in [7, 11) is 5.83. The van der Waals surface area contributed by atoms with Crippen LogP contribution in [0.5, 0.6) is 5.75 Å². The zero-order chi connectivity index (χ0) is 14.3.